The van der Waals surface area contributed by atoms with Crippen LogP contribution >= 0.6 is 0 Å². The first kappa shape index (κ1) is 12.8. The summed E-state index contributed by atoms with van der Waals surface area (Å²) in [6.07, 6.45) is 3.14. The maximum Gasteiger partial charge on any atom is 0.221 e. The lowest BCUT2D eigenvalue weighted by Gasteiger charge is -2.07. The Labute approximate surface area is 106 Å². The van der Waals surface area contributed by atoms with Gasteiger partial charge in [-0.15, -0.1) is 10.2 Å². The van der Waals surface area contributed by atoms with Crippen molar-refractivity contribution in [1.29, 1.82) is 0 Å². The molecule has 18 heavy (non-hydrogen) atoms. The molecule has 98 valence electrons. The quantitative estimate of drug-likeness (QED) is 0.848. The standard InChI is InChI=1S/C13H19N3O2/c1-9(2)6-12-15-16-13(18-12)10(8-14)7-11-4-3-5-17-11/h3-5,9-10H,6-8,14H2,1-2H3. The monoisotopic (exact) mass is 249 g/mol. The highest BCUT2D eigenvalue weighted by Gasteiger charge is 2.19. The van der Waals surface area contributed by atoms with E-state index in [1.54, 1.807) is 6.26 Å². The SMILES string of the molecule is CC(C)Cc1nnc(C(CN)Cc2ccco2)o1. The molecule has 2 rings (SSSR count). The third-order valence-electron chi connectivity index (χ3n) is 2.73. The van der Waals surface area contributed by atoms with E-state index in [2.05, 4.69) is 24.0 Å². The van der Waals surface area contributed by atoms with Gasteiger partial charge in [-0.2, -0.15) is 0 Å². The first-order valence-corrected chi connectivity index (χ1v) is 6.23. The van der Waals surface area contributed by atoms with Crippen molar-refractivity contribution >= 4 is 0 Å². The van der Waals surface area contributed by atoms with Gasteiger partial charge in [0.05, 0.1) is 12.2 Å². The van der Waals surface area contributed by atoms with Crippen molar-refractivity contribution < 1.29 is 8.83 Å². The third kappa shape index (κ3) is 3.20. The zero-order chi connectivity index (χ0) is 13.0. The average molecular weight is 249 g/mol. The number of hydrogen-bond donors (Lipinski definition) is 1. The largest absolute Gasteiger partial charge is 0.469 e. The average Bonchev–Trinajstić information content (AvgIpc) is 2.96. The molecule has 5 nitrogen and oxygen atoms in total. The van der Waals surface area contributed by atoms with E-state index in [-0.39, 0.29) is 5.92 Å². The summed E-state index contributed by atoms with van der Waals surface area (Å²) < 4.78 is 11.0. The smallest absolute Gasteiger partial charge is 0.221 e. The van der Waals surface area contributed by atoms with Crippen LogP contribution in [-0.4, -0.2) is 16.7 Å². The Morgan fingerprint density at radius 2 is 2.11 bits per heavy atom. The summed E-state index contributed by atoms with van der Waals surface area (Å²) in [4.78, 5) is 0. The molecule has 0 saturated heterocycles. The molecule has 0 amide bonds. The Hall–Kier alpha value is -1.62. The van der Waals surface area contributed by atoms with Crippen molar-refractivity contribution in [3.63, 3.8) is 0 Å². The second-order valence-corrected chi connectivity index (χ2v) is 4.85. The van der Waals surface area contributed by atoms with Crippen LogP contribution in [-0.2, 0) is 12.8 Å². The maximum absolute atomic E-state index is 5.76. The molecule has 0 aliphatic carbocycles. The molecule has 2 N–H and O–H groups in total. The molecule has 1 unspecified atom stereocenters. The van der Waals surface area contributed by atoms with Gasteiger partial charge in [-0.05, 0) is 18.1 Å². The maximum atomic E-state index is 5.76. The number of aromatic nitrogens is 2. The molecule has 5 heteroatoms. The molecular weight excluding hydrogens is 230 g/mol. The summed E-state index contributed by atoms with van der Waals surface area (Å²) in [5.74, 6) is 2.68. The highest BCUT2D eigenvalue weighted by atomic mass is 16.4. The summed E-state index contributed by atoms with van der Waals surface area (Å²) in [6, 6.07) is 3.79. The minimum Gasteiger partial charge on any atom is -0.469 e. The normalized spacial score (nSPS) is 13.1. The molecule has 0 fully saturated rings. The molecule has 0 saturated carbocycles. The summed E-state index contributed by atoms with van der Waals surface area (Å²) in [7, 11) is 0. The van der Waals surface area contributed by atoms with E-state index in [1.165, 1.54) is 0 Å². The van der Waals surface area contributed by atoms with Crippen LogP contribution in [0.3, 0.4) is 0 Å². The van der Waals surface area contributed by atoms with Crippen LogP contribution in [0.25, 0.3) is 0 Å². The van der Waals surface area contributed by atoms with E-state index in [4.69, 9.17) is 14.6 Å². The number of furan rings is 1. The summed E-state index contributed by atoms with van der Waals surface area (Å²) in [5.41, 5.74) is 5.76. The van der Waals surface area contributed by atoms with Crippen LogP contribution in [0.1, 0.15) is 37.3 Å². The fourth-order valence-corrected chi connectivity index (χ4v) is 1.81. The zero-order valence-corrected chi connectivity index (χ0v) is 10.8. The van der Waals surface area contributed by atoms with E-state index in [0.717, 1.165) is 12.2 Å². The van der Waals surface area contributed by atoms with Crippen molar-refractivity contribution in [3.8, 4) is 0 Å². The first-order chi connectivity index (χ1) is 8.69. The molecule has 0 aromatic carbocycles. The van der Waals surface area contributed by atoms with E-state index >= 15 is 0 Å². The summed E-state index contributed by atoms with van der Waals surface area (Å²) in [6.45, 7) is 4.70. The molecule has 0 radical (unpaired) electrons. The Balaban J connectivity index is 2.05. The van der Waals surface area contributed by atoms with Crippen LogP contribution in [0.4, 0.5) is 0 Å². The van der Waals surface area contributed by atoms with Crippen molar-refractivity contribution in [2.75, 3.05) is 6.54 Å². The third-order valence-corrected chi connectivity index (χ3v) is 2.73. The Morgan fingerprint density at radius 3 is 2.72 bits per heavy atom. The second-order valence-electron chi connectivity index (χ2n) is 4.85. The predicted molar refractivity (Wildman–Crippen MR) is 67.0 cm³/mol. The highest BCUT2D eigenvalue weighted by Crippen LogP contribution is 2.20. The lowest BCUT2D eigenvalue weighted by molar-refractivity contribution is 0.386. The predicted octanol–water partition coefficient (Wildman–Crippen LogP) is 2.15. The van der Waals surface area contributed by atoms with Crippen molar-refractivity contribution in [1.82, 2.24) is 10.2 Å². The lowest BCUT2D eigenvalue weighted by Crippen LogP contribution is -2.15. The number of nitrogens with zero attached hydrogens (tertiary/aromatic N) is 2. The van der Waals surface area contributed by atoms with E-state index in [1.807, 2.05) is 12.1 Å². The van der Waals surface area contributed by atoms with Crippen molar-refractivity contribution in [2.45, 2.75) is 32.6 Å². The highest BCUT2D eigenvalue weighted by molar-refractivity contribution is 5.05. The van der Waals surface area contributed by atoms with Gasteiger partial charge in [-0.25, -0.2) is 0 Å². The molecule has 0 spiro atoms. The minimum absolute atomic E-state index is 0.0181. The molecule has 2 aromatic heterocycles. The van der Waals surface area contributed by atoms with Gasteiger partial charge in [-0.3, -0.25) is 0 Å². The van der Waals surface area contributed by atoms with E-state index in [9.17, 15) is 0 Å². The van der Waals surface area contributed by atoms with E-state index in [0.29, 0.717) is 30.7 Å². The summed E-state index contributed by atoms with van der Waals surface area (Å²) >= 11 is 0. The molecule has 2 heterocycles. The Kier molecular flexibility index (Phi) is 4.15. The van der Waals surface area contributed by atoms with Crippen molar-refractivity contribution in [3.05, 3.63) is 35.9 Å². The number of nitrogens with two attached hydrogens (primary N) is 1. The molecule has 0 bridgehead atoms. The Morgan fingerprint density at radius 1 is 1.28 bits per heavy atom. The van der Waals surface area contributed by atoms with Gasteiger partial charge < -0.3 is 14.6 Å². The molecule has 1 atom stereocenters. The molecule has 2 aromatic rings. The number of rotatable bonds is 6. The van der Waals surface area contributed by atoms with Gasteiger partial charge in [0.1, 0.15) is 5.76 Å². The van der Waals surface area contributed by atoms with Gasteiger partial charge >= 0.3 is 0 Å². The van der Waals surface area contributed by atoms with Gasteiger partial charge in [0, 0.05) is 19.4 Å². The minimum atomic E-state index is 0.0181. The molecule has 0 aliphatic heterocycles. The van der Waals surface area contributed by atoms with Gasteiger partial charge in [-0.1, -0.05) is 13.8 Å². The van der Waals surface area contributed by atoms with Crippen LogP contribution < -0.4 is 5.73 Å². The Bertz CT molecular complexity index is 462. The molecule has 0 aliphatic rings. The van der Waals surface area contributed by atoms with Gasteiger partial charge in [0.2, 0.25) is 11.8 Å². The van der Waals surface area contributed by atoms with Gasteiger partial charge in [0.25, 0.3) is 0 Å². The van der Waals surface area contributed by atoms with Crippen LogP contribution in [0.5, 0.6) is 0 Å². The first-order valence-electron chi connectivity index (χ1n) is 6.23. The molecular formula is C13H19N3O2. The number of hydrogen-bond acceptors (Lipinski definition) is 5. The van der Waals surface area contributed by atoms with Crippen molar-refractivity contribution in [2.24, 2.45) is 11.7 Å². The zero-order valence-electron chi connectivity index (χ0n) is 10.8. The second kappa shape index (κ2) is 5.82. The van der Waals surface area contributed by atoms with Crippen LogP contribution in [0.15, 0.2) is 27.2 Å². The van der Waals surface area contributed by atoms with E-state index < -0.39 is 0 Å². The van der Waals surface area contributed by atoms with Crippen LogP contribution in [0.2, 0.25) is 0 Å². The fraction of sp³-hybridized carbons (Fsp3) is 0.538. The van der Waals surface area contributed by atoms with Crippen LogP contribution in [0, 0.1) is 5.92 Å². The van der Waals surface area contributed by atoms with Gasteiger partial charge in [0.15, 0.2) is 0 Å². The topological polar surface area (TPSA) is 78.1 Å². The lowest BCUT2D eigenvalue weighted by atomic mass is 10.0. The fourth-order valence-electron chi connectivity index (χ4n) is 1.81. The summed E-state index contributed by atoms with van der Waals surface area (Å²) in [5, 5.41) is 8.13.